The maximum Gasteiger partial charge on any atom is 0.0667 e. The second-order valence-corrected chi connectivity index (χ2v) is 9.81. The van der Waals surface area contributed by atoms with E-state index in [1.807, 2.05) is 12.4 Å². The summed E-state index contributed by atoms with van der Waals surface area (Å²) >= 11 is 0. The van der Waals surface area contributed by atoms with Crippen LogP contribution in [-0.4, -0.2) is 22.6 Å². The number of rotatable bonds is 2. The molecule has 0 atom stereocenters. The first-order valence-electron chi connectivity index (χ1n) is 4.56. The van der Waals surface area contributed by atoms with E-state index in [9.17, 15) is 0 Å². The summed E-state index contributed by atoms with van der Waals surface area (Å²) in [5, 5.41) is 3.02. The lowest BCUT2D eigenvalue weighted by Gasteiger charge is -2.07. The zero-order valence-corrected chi connectivity index (χ0v) is 10.6. The maximum absolute atomic E-state index is 4.30. The zero-order chi connectivity index (χ0) is 9.14. The molecular formula is C9H17NSi2. The van der Waals surface area contributed by atoms with Gasteiger partial charge in [-0.25, -0.2) is 0 Å². The number of pyridine rings is 1. The molecular weight excluding hydrogens is 178 g/mol. The van der Waals surface area contributed by atoms with Crippen LogP contribution < -0.4 is 10.4 Å². The van der Waals surface area contributed by atoms with Crippen LogP contribution in [0.3, 0.4) is 0 Å². The smallest absolute Gasteiger partial charge is 0.0667 e. The predicted molar refractivity (Wildman–Crippen MR) is 61.3 cm³/mol. The van der Waals surface area contributed by atoms with E-state index in [4.69, 9.17) is 0 Å². The molecule has 0 saturated carbocycles. The fraction of sp³-hybridized carbons (Fsp3) is 0.444. The van der Waals surface area contributed by atoms with Gasteiger partial charge in [-0.3, -0.25) is 4.98 Å². The van der Waals surface area contributed by atoms with Crippen molar-refractivity contribution in [3.05, 3.63) is 18.5 Å². The third-order valence-electron chi connectivity index (χ3n) is 2.11. The summed E-state index contributed by atoms with van der Waals surface area (Å²) in [7, 11) is -1.28. The molecule has 3 heteroatoms. The molecule has 0 aliphatic heterocycles. The van der Waals surface area contributed by atoms with Crippen molar-refractivity contribution in [2.45, 2.75) is 26.2 Å². The van der Waals surface area contributed by atoms with Crippen molar-refractivity contribution in [1.29, 1.82) is 0 Å². The van der Waals surface area contributed by atoms with Gasteiger partial charge in [0, 0.05) is 12.4 Å². The predicted octanol–water partition coefficient (Wildman–Crippen LogP) is 0.469. The maximum atomic E-state index is 4.30. The Bertz CT molecular complexity index is 235. The first kappa shape index (κ1) is 9.67. The molecule has 0 radical (unpaired) electrons. The topological polar surface area (TPSA) is 12.9 Å². The van der Waals surface area contributed by atoms with Crippen LogP contribution in [0.15, 0.2) is 18.5 Å². The van der Waals surface area contributed by atoms with Gasteiger partial charge in [-0.1, -0.05) is 32.3 Å². The lowest BCUT2D eigenvalue weighted by molar-refractivity contribution is 1.36. The summed E-state index contributed by atoms with van der Waals surface area (Å²) < 4.78 is 0. The molecule has 0 aliphatic carbocycles. The van der Waals surface area contributed by atoms with Crippen LogP contribution in [0.25, 0.3) is 0 Å². The van der Waals surface area contributed by atoms with E-state index in [0.29, 0.717) is 0 Å². The third-order valence-corrected chi connectivity index (χ3v) is 5.41. The molecule has 0 aromatic carbocycles. The van der Waals surface area contributed by atoms with Crippen molar-refractivity contribution in [3.63, 3.8) is 0 Å². The summed E-state index contributed by atoms with van der Waals surface area (Å²) in [5.41, 5.74) is 0. The summed E-state index contributed by atoms with van der Waals surface area (Å²) in [4.78, 5) is 4.30. The largest absolute Gasteiger partial charge is 0.265 e. The highest BCUT2D eigenvalue weighted by atomic mass is 28.3. The molecule has 12 heavy (non-hydrogen) atoms. The van der Waals surface area contributed by atoms with Crippen molar-refractivity contribution in [3.8, 4) is 0 Å². The molecule has 1 rings (SSSR count). The van der Waals surface area contributed by atoms with Gasteiger partial charge in [0.2, 0.25) is 0 Å². The summed E-state index contributed by atoms with van der Waals surface area (Å²) in [5.74, 6) is 0. The molecule has 66 valence electrons. The second kappa shape index (κ2) is 4.00. The van der Waals surface area contributed by atoms with Crippen LogP contribution in [0, 0.1) is 0 Å². The number of hydrogen-bond acceptors (Lipinski definition) is 1. The quantitative estimate of drug-likeness (QED) is 0.625. The first-order valence-corrected chi connectivity index (χ1v) is 10.3. The highest BCUT2D eigenvalue weighted by molar-refractivity contribution is 6.73. The average Bonchev–Trinajstić information content (AvgIpc) is 2.04. The molecule has 1 aromatic heterocycles. The van der Waals surface area contributed by atoms with Crippen molar-refractivity contribution in [1.82, 2.24) is 4.98 Å². The third kappa shape index (κ3) is 2.28. The summed E-state index contributed by atoms with van der Waals surface area (Å²) in [6.45, 7) is 9.40. The molecule has 1 nitrogen and oxygen atoms in total. The Balaban J connectivity index is 2.96. The van der Waals surface area contributed by atoms with Crippen LogP contribution in [0.4, 0.5) is 0 Å². The highest BCUT2D eigenvalue weighted by Gasteiger charge is 2.04. The van der Waals surface area contributed by atoms with E-state index >= 15 is 0 Å². The van der Waals surface area contributed by atoms with E-state index in [0.717, 1.165) is 0 Å². The Hall–Kier alpha value is -0.416. The summed E-state index contributed by atoms with van der Waals surface area (Å²) in [6, 6.07) is 2.38. The molecule has 0 unspecified atom stereocenters. The standard InChI is InChI=1S/C9H17NSi2/c1-11(2)8-5-9(12(3)4)7-10-6-8/h5-7,11-12H,1-4H3. The molecule has 0 saturated heterocycles. The van der Waals surface area contributed by atoms with E-state index < -0.39 is 17.6 Å². The minimum Gasteiger partial charge on any atom is -0.265 e. The van der Waals surface area contributed by atoms with Gasteiger partial charge in [0.15, 0.2) is 0 Å². The van der Waals surface area contributed by atoms with Gasteiger partial charge in [0.1, 0.15) is 0 Å². The fourth-order valence-electron chi connectivity index (χ4n) is 1.11. The van der Waals surface area contributed by atoms with Gasteiger partial charge < -0.3 is 0 Å². The van der Waals surface area contributed by atoms with Crippen LogP contribution in [0.1, 0.15) is 0 Å². The lowest BCUT2D eigenvalue weighted by atomic mass is 10.5. The van der Waals surface area contributed by atoms with Crippen molar-refractivity contribution in [2.75, 3.05) is 0 Å². The monoisotopic (exact) mass is 195 g/mol. The van der Waals surface area contributed by atoms with Crippen molar-refractivity contribution >= 4 is 28.0 Å². The van der Waals surface area contributed by atoms with Gasteiger partial charge in [-0.2, -0.15) is 0 Å². The van der Waals surface area contributed by atoms with E-state index in [1.165, 1.54) is 10.4 Å². The Morgan fingerprint density at radius 1 is 0.917 bits per heavy atom. The molecule has 0 N–H and O–H groups in total. The lowest BCUT2D eigenvalue weighted by Crippen LogP contribution is -2.32. The van der Waals surface area contributed by atoms with E-state index in [1.54, 1.807) is 0 Å². The van der Waals surface area contributed by atoms with Gasteiger partial charge in [-0.05, 0) is 10.4 Å². The Morgan fingerprint density at radius 3 is 1.67 bits per heavy atom. The van der Waals surface area contributed by atoms with Crippen LogP contribution in [0.2, 0.25) is 26.2 Å². The number of aromatic nitrogens is 1. The molecule has 1 heterocycles. The SMILES string of the molecule is C[SiH](C)c1cncc([SiH](C)C)c1. The van der Waals surface area contributed by atoms with E-state index in [-0.39, 0.29) is 0 Å². The Kier molecular flexibility index (Phi) is 3.23. The number of nitrogens with zero attached hydrogens (tertiary/aromatic N) is 1. The normalized spacial score (nSPS) is 11.2. The Labute approximate surface area is 78.1 Å². The molecule has 0 spiro atoms. The van der Waals surface area contributed by atoms with Crippen LogP contribution >= 0.6 is 0 Å². The van der Waals surface area contributed by atoms with Gasteiger partial charge >= 0.3 is 0 Å². The van der Waals surface area contributed by atoms with Gasteiger partial charge in [0.05, 0.1) is 17.6 Å². The first-order chi connectivity index (χ1) is 5.61. The van der Waals surface area contributed by atoms with Crippen molar-refractivity contribution in [2.24, 2.45) is 0 Å². The van der Waals surface area contributed by atoms with Crippen LogP contribution in [0.5, 0.6) is 0 Å². The zero-order valence-electron chi connectivity index (χ0n) is 8.33. The molecule has 0 aliphatic rings. The highest BCUT2D eigenvalue weighted by Crippen LogP contribution is 1.86. The Morgan fingerprint density at radius 2 is 1.33 bits per heavy atom. The minimum atomic E-state index is -0.638. The second-order valence-electron chi connectivity index (χ2n) is 3.86. The van der Waals surface area contributed by atoms with Crippen LogP contribution in [-0.2, 0) is 0 Å². The molecule has 0 bridgehead atoms. The molecule has 0 amide bonds. The van der Waals surface area contributed by atoms with Gasteiger partial charge in [-0.15, -0.1) is 0 Å². The summed E-state index contributed by atoms with van der Waals surface area (Å²) in [6.07, 6.45) is 4.08. The minimum absolute atomic E-state index is 0.638. The molecule has 0 fully saturated rings. The van der Waals surface area contributed by atoms with Crippen molar-refractivity contribution < 1.29 is 0 Å². The molecule has 1 aromatic rings. The average molecular weight is 195 g/mol. The van der Waals surface area contributed by atoms with Gasteiger partial charge in [0.25, 0.3) is 0 Å². The fourth-order valence-corrected chi connectivity index (χ4v) is 3.12. The van der Waals surface area contributed by atoms with E-state index in [2.05, 4.69) is 37.2 Å². The number of hydrogen-bond donors (Lipinski definition) is 0.